The topological polar surface area (TPSA) is 73.1 Å². The Morgan fingerprint density at radius 1 is 1.42 bits per heavy atom. The number of hydrogen-bond donors (Lipinski definition) is 2. The molecule has 0 bridgehead atoms. The first-order valence-corrected chi connectivity index (χ1v) is 6.85. The highest BCUT2D eigenvalue weighted by molar-refractivity contribution is 5.41. The Hall–Kier alpha value is -1.36. The van der Waals surface area contributed by atoms with E-state index in [2.05, 4.69) is 36.1 Å². The number of hydrogen-bond acceptors (Lipinski definition) is 5. The molecule has 1 rings (SSSR count). The van der Waals surface area contributed by atoms with Crippen LogP contribution in [0.1, 0.15) is 39.9 Å². The molecule has 1 unspecified atom stereocenters. The molecule has 0 aliphatic rings. The maximum absolute atomic E-state index is 5.90. The number of nitrogens with two attached hydrogens (primary N) is 1. The van der Waals surface area contributed by atoms with Gasteiger partial charge in [0.25, 0.3) is 0 Å². The van der Waals surface area contributed by atoms with Crippen LogP contribution in [0.25, 0.3) is 0 Å². The monoisotopic (exact) mass is 266 g/mol. The highest BCUT2D eigenvalue weighted by Crippen LogP contribution is 2.22. The summed E-state index contributed by atoms with van der Waals surface area (Å²) >= 11 is 0. The number of aromatic nitrogens is 2. The van der Waals surface area contributed by atoms with Gasteiger partial charge in [-0.1, -0.05) is 13.8 Å². The zero-order valence-electron chi connectivity index (χ0n) is 12.7. The lowest BCUT2D eigenvalue weighted by atomic mass is 9.91. The minimum atomic E-state index is -0.168. The average Bonchev–Trinajstić information content (AvgIpc) is 2.27. The molecule has 0 aliphatic heterocycles. The molecule has 1 heterocycles. The summed E-state index contributed by atoms with van der Waals surface area (Å²) in [6.07, 6.45) is 0.983. The van der Waals surface area contributed by atoms with E-state index in [9.17, 15) is 0 Å². The number of aryl methyl sites for hydroxylation is 1. The number of anilines is 1. The molecule has 0 saturated carbocycles. The first-order valence-electron chi connectivity index (χ1n) is 6.85. The maximum Gasteiger partial charge on any atom is 0.218 e. The average molecular weight is 266 g/mol. The quantitative estimate of drug-likeness (QED) is 0.792. The Morgan fingerprint density at radius 2 is 2.11 bits per heavy atom. The predicted octanol–water partition coefficient (Wildman–Crippen LogP) is 2.36. The first-order chi connectivity index (χ1) is 8.88. The Bertz CT molecular complexity index is 408. The second-order valence-electron chi connectivity index (χ2n) is 5.56. The zero-order valence-corrected chi connectivity index (χ0v) is 12.7. The molecule has 5 nitrogen and oxygen atoms in total. The van der Waals surface area contributed by atoms with E-state index in [0.717, 1.165) is 12.2 Å². The molecular formula is C14H26N4O. The van der Waals surface area contributed by atoms with E-state index < -0.39 is 0 Å². The molecule has 1 atom stereocenters. The largest absolute Gasteiger partial charge is 0.478 e. The van der Waals surface area contributed by atoms with Crippen LogP contribution < -0.4 is 15.8 Å². The van der Waals surface area contributed by atoms with Crippen LogP contribution in [0.3, 0.4) is 0 Å². The molecule has 108 valence electrons. The molecule has 0 radical (unpaired) electrons. The van der Waals surface area contributed by atoms with Crippen molar-refractivity contribution in [3.8, 4) is 5.88 Å². The fraction of sp³-hybridized carbons (Fsp3) is 0.714. The Labute approximate surface area is 116 Å². The van der Waals surface area contributed by atoms with Gasteiger partial charge in [-0.15, -0.1) is 0 Å². The van der Waals surface area contributed by atoms with Gasteiger partial charge >= 0.3 is 0 Å². The standard InChI is InChI=1S/C14H26N4O/c1-6-19-13-7-12(16-11(4)17-13)18-14(5,9-15)8-10(2)3/h7,10H,6,8-9,15H2,1-5H3,(H,16,17,18). The molecule has 0 amide bonds. The van der Waals surface area contributed by atoms with Gasteiger partial charge in [-0.3, -0.25) is 0 Å². The molecule has 1 aromatic heterocycles. The van der Waals surface area contributed by atoms with Gasteiger partial charge in [0.1, 0.15) is 11.6 Å². The Balaban J connectivity index is 2.90. The Morgan fingerprint density at radius 3 is 2.63 bits per heavy atom. The van der Waals surface area contributed by atoms with Crippen molar-refractivity contribution in [3.05, 3.63) is 11.9 Å². The highest BCUT2D eigenvalue weighted by Gasteiger charge is 2.24. The lowest BCUT2D eigenvalue weighted by molar-refractivity contribution is 0.325. The third-order valence-corrected chi connectivity index (χ3v) is 2.85. The molecule has 5 heteroatoms. The maximum atomic E-state index is 5.90. The van der Waals surface area contributed by atoms with Gasteiger partial charge in [0.2, 0.25) is 5.88 Å². The van der Waals surface area contributed by atoms with Crippen molar-refractivity contribution < 1.29 is 4.74 Å². The van der Waals surface area contributed by atoms with Crippen LogP contribution in [0, 0.1) is 12.8 Å². The molecule has 0 spiro atoms. The van der Waals surface area contributed by atoms with E-state index in [-0.39, 0.29) is 5.54 Å². The molecule has 3 N–H and O–H groups in total. The molecule has 0 aliphatic carbocycles. The lowest BCUT2D eigenvalue weighted by Gasteiger charge is -2.31. The third-order valence-electron chi connectivity index (χ3n) is 2.85. The summed E-state index contributed by atoms with van der Waals surface area (Å²) in [4.78, 5) is 8.63. The summed E-state index contributed by atoms with van der Waals surface area (Å²) in [7, 11) is 0. The van der Waals surface area contributed by atoms with Gasteiger partial charge in [0.15, 0.2) is 0 Å². The van der Waals surface area contributed by atoms with Crippen LogP contribution in [0.15, 0.2) is 6.07 Å². The van der Waals surface area contributed by atoms with Gasteiger partial charge in [0.05, 0.1) is 6.61 Å². The zero-order chi connectivity index (χ0) is 14.5. The normalized spacial score (nSPS) is 14.3. The SMILES string of the molecule is CCOc1cc(NC(C)(CN)CC(C)C)nc(C)n1. The van der Waals surface area contributed by atoms with Crippen molar-refractivity contribution in [1.82, 2.24) is 9.97 Å². The second kappa shape index (κ2) is 6.70. The van der Waals surface area contributed by atoms with E-state index in [1.165, 1.54) is 0 Å². The van der Waals surface area contributed by atoms with E-state index in [1.54, 1.807) is 0 Å². The highest BCUT2D eigenvalue weighted by atomic mass is 16.5. The van der Waals surface area contributed by atoms with Crippen LogP contribution >= 0.6 is 0 Å². The number of nitrogens with zero attached hydrogens (tertiary/aromatic N) is 2. The summed E-state index contributed by atoms with van der Waals surface area (Å²) in [5.74, 6) is 2.62. The summed E-state index contributed by atoms with van der Waals surface area (Å²) in [6, 6.07) is 1.82. The first kappa shape index (κ1) is 15.7. The third kappa shape index (κ3) is 5.03. The molecule has 19 heavy (non-hydrogen) atoms. The summed E-state index contributed by atoms with van der Waals surface area (Å²) < 4.78 is 5.43. The Kier molecular flexibility index (Phi) is 5.54. The second-order valence-corrected chi connectivity index (χ2v) is 5.56. The van der Waals surface area contributed by atoms with Crippen LogP contribution in [-0.4, -0.2) is 28.7 Å². The molecule has 0 saturated heterocycles. The van der Waals surface area contributed by atoms with Crippen LogP contribution in [-0.2, 0) is 0 Å². The van der Waals surface area contributed by atoms with Crippen molar-refractivity contribution in [3.63, 3.8) is 0 Å². The van der Waals surface area contributed by atoms with Crippen molar-refractivity contribution in [2.24, 2.45) is 11.7 Å². The minimum absolute atomic E-state index is 0.168. The fourth-order valence-corrected chi connectivity index (χ4v) is 2.22. The molecule has 1 aromatic rings. The number of rotatable bonds is 7. The van der Waals surface area contributed by atoms with Crippen molar-refractivity contribution in [1.29, 1.82) is 0 Å². The molecule has 0 aromatic carbocycles. The van der Waals surface area contributed by atoms with Gasteiger partial charge in [-0.2, -0.15) is 4.98 Å². The van der Waals surface area contributed by atoms with E-state index in [0.29, 0.717) is 30.8 Å². The van der Waals surface area contributed by atoms with Gasteiger partial charge < -0.3 is 15.8 Å². The van der Waals surface area contributed by atoms with Crippen molar-refractivity contribution in [2.75, 3.05) is 18.5 Å². The number of nitrogens with one attached hydrogen (secondary N) is 1. The van der Waals surface area contributed by atoms with E-state index in [1.807, 2.05) is 19.9 Å². The summed E-state index contributed by atoms with van der Waals surface area (Å²) in [6.45, 7) is 11.4. The van der Waals surface area contributed by atoms with Crippen LogP contribution in [0.4, 0.5) is 5.82 Å². The lowest BCUT2D eigenvalue weighted by Crippen LogP contribution is -2.44. The smallest absolute Gasteiger partial charge is 0.218 e. The molecule has 0 fully saturated rings. The van der Waals surface area contributed by atoms with Crippen molar-refractivity contribution >= 4 is 5.82 Å². The minimum Gasteiger partial charge on any atom is -0.478 e. The van der Waals surface area contributed by atoms with Crippen molar-refractivity contribution in [2.45, 2.75) is 46.6 Å². The van der Waals surface area contributed by atoms with Crippen LogP contribution in [0.5, 0.6) is 5.88 Å². The summed E-state index contributed by atoms with van der Waals surface area (Å²) in [5, 5.41) is 3.42. The van der Waals surface area contributed by atoms with Gasteiger partial charge in [-0.25, -0.2) is 4.98 Å². The van der Waals surface area contributed by atoms with E-state index in [4.69, 9.17) is 10.5 Å². The fourth-order valence-electron chi connectivity index (χ4n) is 2.22. The predicted molar refractivity (Wildman–Crippen MR) is 78.5 cm³/mol. The van der Waals surface area contributed by atoms with Gasteiger partial charge in [-0.05, 0) is 33.1 Å². The summed E-state index contributed by atoms with van der Waals surface area (Å²) in [5.41, 5.74) is 5.73. The molecular weight excluding hydrogens is 240 g/mol. The number of ether oxygens (including phenoxy) is 1. The van der Waals surface area contributed by atoms with E-state index >= 15 is 0 Å². The van der Waals surface area contributed by atoms with Crippen LogP contribution in [0.2, 0.25) is 0 Å². The van der Waals surface area contributed by atoms with Gasteiger partial charge in [0, 0.05) is 18.2 Å².